The largest absolute Gasteiger partial charge is 0.373 e. The maximum atomic E-state index is 13.0. The molecule has 9 heteroatoms. The molecule has 41 heavy (non-hydrogen) atoms. The maximum Gasteiger partial charge on any atom is 0.258 e. The van der Waals surface area contributed by atoms with Crippen LogP contribution in [0, 0.1) is 0 Å². The first-order chi connectivity index (χ1) is 19.8. The zero-order valence-electron chi connectivity index (χ0n) is 23.4. The second-order valence-electron chi connectivity index (χ2n) is 10.9. The predicted molar refractivity (Wildman–Crippen MR) is 160 cm³/mol. The Kier molecular flexibility index (Phi) is 7.30. The fourth-order valence-electron chi connectivity index (χ4n) is 5.61. The zero-order valence-corrected chi connectivity index (χ0v) is 23.4. The number of H-pyrrole nitrogens is 2. The summed E-state index contributed by atoms with van der Waals surface area (Å²) in [4.78, 5) is 34.3. The molecule has 4 heterocycles. The molecule has 0 radical (unpaired) electrons. The monoisotopic (exact) mass is 550 g/mol. The van der Waals surface area contributed by atoms with Crippen molar-refractivity contribution < 1.29 is 9.53 Å². The lowest BCUT2D eigenvalue weighted by Gasteiger charge is -2.35. The number of aromatic nitrogens is 4. The summed E-state index contributed by atoms with van der Waals surface area (Å²) in [6.45, 7) is 8.90. The number of aromatic amines is 2. The van der Waals surface area contributed by atoms with Crippen LogP contribution in [0.3, 0.4) is 0 Å². The number of ether oxygens (including phenoxy) is 1. The molecule has 1 saturated heterocycles. The lowest BCUT2D eigenvalue weighted by molar-refractivity contribution is -0.0704. The van der Waals surface area contributed by atoms with Crippen LogP contribution >= 0.6 is 0 Å². The minimum Gasteiger partial charge on any atom is -0.373 e. The molecular weight excluding hydrogens is 516 g/mol. The van der Waals surface area contributed by atoms with Gasteiger partial charge in [-0.15, -0.1) is 0 Å². The summed E-state index contributed by atoms with van der Waals surface area (Å²) in [5.41, 5.74) is 5.07. The number of rotatable bonds is 7. The molecule has 0 bridgehead atoms. The molecule has 1 aliphatic rings. The van der Waals surface area contributed by atoms with Gasteiger partial charge in [0.1, 0.15) is 0 Å². The standard InChI is InChI=1S/C32H34N6O3/c1-20-16-37(17-21(2)41-20)18-23-9-10-29-25(11-23)12-30(36-29)28-13-27(15-33-32(28)40)35-31(39)26-14-34-38(19-26)22(3)24-7-5-4-6-8-24/h4-15,19-22,36H,16-18H2,1-3H3,(H,33,40)(H,35,39)/t20-,21+,22?. The number of carbonyl (C=O) groups excluding carboxylic acids is 1. The third kappa shape index (κ3) is 5.86. The minimum atomic E-state index is -0.303. The minimum absolute atomic E-state index is 0.0130. The number of benzene rings is 2. The summed E-state index contributed by atoms with van der Waals surface area (Å²) in [6.07, 6.45) is 5.22. The molecule has 3 N–H and O–H groups in total. The first-order valence-electron chi connectivity index (χ1n) is 14.0. The number of fused-ring (bicyclic) bond motifs is 1. The summed E-state index contributed by atoms with van der Waals surface area (Å²) in [5, 5.41) is 8.31. The molecule has 0 saturated carbocycles. The van der Waals surface area contributed by atoms with Gasteiger partial charge in [0.15, 0.2) is 0 Å². The second-order valence-corrected chi connectivity index (χ2v) is 10.9. The molecule has 1 unspecified atom stereocenters. The van der Waals surface area contributed by atoms with Gasteiger partial charge in [-0.2, -0.15) is 5.10 Å². The van der Waals surface area contributed by atoms with Crippen LogP contribution in [0.5, 0.6) is 0 Å². The Labute approximate surface area is 238 Å². The fraction of sp³-hybridized carbons (Fsp3) is 0.281. The molecule has 0 aliphatic carbocycles. The average Bonchev–Trinajstić information content (AvgIpc) is 3.61. The number of hydrogen-bond donors (Lipinski definition) is 3. The Morgan fingerprint density at radius 1 is 1.10 bits per heavy atom. The molecule has 9 nitrogen and oxygen atoms in total. The number of pyridine rings is 1. The van der Waals surface area contributed by atoms with Crippen molar-refractivity contribution in [3.63, 3.8) is 0 Å². The summed E-state index contributed by atoms with van der Waals surface area (Å²) in [5.74, 6) is -0.303. The van der Waals surface area contributed by atoms with E-state index in [-0.39, 0.29) is 29.7 Å². The van der Waals surface area contributed by atoms with Gasteiger partial charge in [0, 0.05) is 42.9 Å². The van der Waals surface area contributed by atoms with E-state index in [0.717, 1.165) is 36.1 Å². The van der Waals surface area contributed by atoms with E-state index in [9.17, 15) is 9.59 Å². The van der Waals surface area contributed by atoms with Gasteiger partial charge in [-0.1, -0.05) is 36.4 Å². The van der Waals surface area contributed by atoms with Gasteiger partial charge in [-0.05, 0) is 56.2 Å². The van der Waals surface area contributed by atoms with E-state index >= 15 is 0 Å². The van der Waals surface area contributed by atoms with E-state index in [0.29, 0.717) is 22.5 Å². The predicted octanol–water partition coefficient (Wildman–Crippen LogP) is 5.19. The molecule has 1 aliphatic heterocycles. The number of carbonyl (C=O) groups is 1. The van der Waals surface area contributed by atoms with Crippen LogP contribution in [0.4, 0.5) is 5.69 Å². The topological polar surface area (TPSA) is 108 Å². The Balaban J connectivity index is 1.18. The Hall–Kier alpha value is -4.47. The number of hydrogen-bond acceptors (Lipinski definition) is 5. The molecule has 5 aromatic rings. The number of amides is 1. The van der Waals surface area contributed by atoms with Gasteiger partial charge in [0.05, 0.1) is 47.0 Å². The van der Waals surface area contributed by atoms with E-state index in [1.165, 1.54) is 11.8 Å². The number of nitrogens with one attached hydrogen (secondary N) is 3. The molecule has 1 amide bonds. The van der Waals surface area contributed by atoms with Crippen molar-refractivity contribution in [3.05, 3.63) is 106 Å². The normalized spacial score (nSPS) is 18.4. The fourth-order valence-corrected chi connectivity index (χ4v) is 5.61. The van der Waals surface area contributed by atoms with Crippen LogP contribution in [-0.4, -0.2) is 55.9 Å². The second kappa shape index (κ2) is 11.2. The maximum absolute atomic E-state index is 13.0. The summed E-state index contributed by atoms with van der Waals surface area (Å²) >= 11 is 0. The average molecular weight is 551 g/mol. The van der Waals surface area contributed by atoms with Crippen molar-refractivity contribution in [3.8, 4) is 11.3 Å². The Bertz CT molecular complexity index is 1730. The van der Waals surface area contributed by atoms with Crippen LogP contribution in [0.15, 0.2) is 84.0 Å². The van der Waals surface area contributed by atoms with E-state index < -0.39 is 0 Å². The smallest absolute Gasteiger partial charge is 0.258 e. The van der Waals surface area contributed by atoms with Crippen molar-refractivity contribution in [2.75, 3.05) is 18.4 Å². The lowest BCUT2D eigenvalue weighted by atomic mass is 10.1. The molecule has 2 aromatic carbocycles. The highest BCUT2D eigenvalue weighted by Crippen LogP contribution is 2.26. The van der Waals surface area contributed by atoms with Crippen molar-refractivity contribution in [2.45, 2.75) is 45.6 Å². The SMILES string of the molecule is CC(c1ccccc1)n1cc(C(=O)Nc2c[nH]c(=O)c(-c3cc4cc(CN5C[C@@H](C)O[C@@H](C)C5)ccc4[nH]3)c2)cn1. The van der Waals surface area contributed by atoms with Gasteiger partial charge < -0.3 is 20.0 Å². The first kappa shape index (κ1) is 26.7. The first-order valence-corrected chi connectivity index (χ1v) is 14.0. The van der Waals surface area contributed by atoms with Gasteiger partial charge >= 0.3 is 0 Å². The van der Waals surface area contributed by atoms with Crippen molar-refractivity contribution >= 4 is 22.5 Å². The number of anilines is 1. The third-order valence-corrected chi connectivity index (χ3v) is 7.58. The summed E-state index contributed by atoms with van der Waals surface area (Å²) in [6, 6.07) is 20.0. The highest BCUT2D eigenvalue weighted by Gasteiger charge is 2.22. The highest BCUT2D eigenvalue weighted by atomic mass is 16.5. The van der Waals surface area contributed by atoms with Gasteiger partial charge in [0.25, 0.3) is 11.5 Å². The van der Waals surface area contributed by atoms with Crippen LogP contribution in [0.25, 0.3) is 22.2 Å². The highest BCUT2D eigenvalue weighted by molar-refractivity contribution is 6.04. The van der Waals surface area contributed by atoms with Crippen LogP contribution in [-0.2, 0) is 11.3 Å². The molecular formula is C32H34N6O3. The van der Waals surface area contributed by atoms with E-state index in [1.807, 2.05) is 43.3 Å². The van der Waals surface area contributed by atoms with Crippen molar-refractivity contribution in [2.24, 2.45) is 0 Å². The molecule has 210 valence electrons. The van der Waals surface area contributed by atoms with E-state index in [2.05, 4.69) is 57.3 Å². The van der Waals surface area contributed by atoms with Gasteiger partial charge in [-0.25, -0.2) is 0 Å². The van der Waals surface area contributed by atoms with Gasteiger partial charge in [0.2, 0.25) is 0 Å². The van der Waals surface area contributed by atoms with E-state index in [1.54, 1.807) is 23.1 Å². The third-order valence-electron chi connectivity index (χ3n) is 7.58. The van der Waals surface area contributed by atoms with Gasteiger partial charge in [-0.3, -0.25) is 19.2 Å². The Morgan fingerprint density at radius 2 is 1.88 bits per heavy atom. The van der Waals surface area contributed by atoms with Crippen LogP contribution in [0.2, 0.25) is 0 Å². The lowest BCUT2D eigenvalue weighted by Crippen LogP contribution is -2.44. The molecule has 6 rings (SSSR count). The van der Waals surface area contributed by atoms with Crippen LogP contribution in [0.1, 0.15) is 48.3 Å². The summed E-state index contributed by atoms with van der Waals surface area (Å²) < 4.78 is 7.63. The number of nitrogens with zero attached hydrogens (tertiary/aromatic N) is 3. The van der Waals surface area contributed by atoms with E-state index in [4.69, 9.17) is 4.74 Å². The van der Waals surface area contributed by atoms with Crippen molar-refractivity contribution in [1.82, 2.24) is 24.6 Å². The van der Waals surface area contributed by atoms with Crippen molar-refractivity contribution in [1.29, 1.82) is 0 Å². The molecule has 3 atom stereocenters. The summed E-state index contributed by atoms with van der Waals surface area (Å²) in [7, 11) is 0. The number of morpholine rings is 1. The molecule has 1 fully saturated rings. The zero-order chi connectivity index (χ0) is 28.5. The molecule has 3 aromatic heterocycles. The quantitative estimate of drug-likeness (QED) is 0.259. The van der Waals surface area contributed by atoms with Crippen LogP contribution < -0.4 is 10.9 Å². The molecule has 0 spiro atoms. The Morgan fingerprint density at radius 3 is 2.66 bits per heavy atom.